The predicted molar refractivity (Wildman–Crippen MR) is 366 cm³/mol. The number of nitrogens with zero attached hydrogens (tertiary/aromatic N) is 5. The maximum absolute atomic E-state index is 5.86. The Morgan fingerprint density at radius 3 is 1.28 bits per heavy atom. The maximum atomic E-state index is 5.86. The SMILES string of the molecule is CC(C)(C)c1cc(-c2ccc3c(c2)c2ccccc2n3-c2ccccc2)c2c(c1)c1cc3ccccc3c3c4c5c6cc7ccccc7c7c8cc(C(C)(C)C)cc(-c9ccc%10c(c9)c9ccccc9n%10-c9ccccc9)c8n(c5ncc4n2c13)c67. The van der Waals surface area contributed by atoms with Crippen LogP contribution in [0.3, 0.4) is 0 Å². The van der Waals surface area contributed by atoms with Crippen LogP contribution in [-0.2, 0) is 10.8 Å². The second-order valence-electron chi connectivity index (χ2n) is 26.3. The summed E-state index contributed by atoms with van der Waals surface area (Å²) in [6, 6.07) is 86.8. The highest BCUT2D eigenvalue weighted by Gasteiger charge is 2.32. The summed E-state index contributed by atoms with van der Waals surface area (Å²) in [6.07, 6.45) is 2.22. The summed E-state index contributed by atoms with van der Waals surface area (Å²) >= 11 is 0. The molecule has 0 aliphatic carbocycles. The molecule has 19 rings (SSSR count). The van der Waals surface area contributed by atoms with Crippen LogP contribution in [-0.4, -0.2) is 22.9 Å². The molecule has 0 spiro atoms. The van der Waals surface area contributed by atoms with Crippen LogP contribution in [0.1, 0.15) is 52.7 Å². The Bertz CT molecular complexity index is 6130. The fourth-order valence-corrected chi connectivity index (χ4v) is 15.5. The van der Waals surface area contributed by atoms with Gasteiger partial charge in [0.2, 0.25) is 0 Å². The molecule has 0 aliphatic rings. The van der Waals surface area contributed by atoms with Gasteiger partial charge in [0.15, 0.2) is 0 Å². The van der Waals surface area contributed by atoms with Crippen molar-refractivity contribution in [2.75, 3.05) is 0 Å². The highest BCUT2D eigenvalue weighted by molar-refractivity contribution is 6.41. The monoisotopic (exact) mass is 1100 g/mol. The van der Waals surface area contributed by atoms with Gasteiger partial charge in [-0.25, -0.2) is 4.98 Å². The van der Waals surface area contributed by atoms with Gasteiger partial charge in [-0.15, -0.1) is 0 Å². The molecule has 0 radical (unpaired) electrons. The van der Waals surface area contributed by atoms with Crippen LogP contribution in [0.15, 0.2) is 237 Å². The third kappa shape index (κ3) is 6.26. The van der Waals surface area contributed by atoms with Gasteiger partial charge in [-0.2, -0.15) is 0 Å². The van der Waals surface area contributed by atoms with Crippen molar-refractivity contribution in [2.24, 2.45) is 0 Å². The van der Waals surface area contributed by atoms with Gasteiger partial charge in [-0.1, -0.05) is 175 Å². The van der Waals surface area contributed by atoms with Crippen LogP contribution < -0.4 is 0 Å². The molecule has 0 N–H and O–H groups in total. The molecule has 0 unspecified atom stereocenters. The van der Waals surface area contributed by atoms with Crippen molar-refractivity contribution in [3.8, 4) is 33.6 Å². The van der Waals surface area contributed by atoms with Crippen LogP contribution in [0.25, 0.3) is 175 Å². The van der Waals surface area contributed by atoms with E-state index in [0.717, 1.165) is 22.5 Å². The molecule has 0 fully saturated rings. The third-order valence-corrected chi connectivity index (χ3v) is 19.5. The van der Waals surface area contributed by atoms with E-state index in [9.17, 15) is 0 Å². The summed E-state index contributed by atoms with van der Waals surface area (Å²) in [5, 5.41) is 19.9. The van der Waals surface area contributed by atoms with Crippen molar-refractivity contribution >= 4 is 141 Å². The van der Waals surface area contributed by atoms with E-state index in [1.54, 1.807) is 0 Å². The van der Waals surface area contributed by atoms with E-state index >= 15 is 0 Å². The molecule has 19 aromatic rings. The topological polar surface area (TPSA) is 31.6 Å². The second-order valence-corrected chi connectivity index (χ2v) is 26.3. The first-order chi connectivity index (χ1) is 42.0. The molecular formula is C81H57N5. The van der Waals surface area contributed by atoms with E-state index in [2.05, 4.69) is 296 Å². The van der Waals surface area contributed by atoms with Crippen molar-refractivity contribution in [1.29, 1.82) is 0 Å². The Kier molecular flexibility index (Phi) is 9.28. The Labute approximate surface area is 495 Å². The van der Waals surface area contributed by atoms with Gasteiger partial charge >= 0.3 is 0 Å². The summed E-state index contributed by atoms with van der Waals surface area (Å²) in [4.78, 5) is 5.86. The lowest BCUT2D eigenvalue weighted by Crippen LogP contribution is -2.11. The summed E-state index contributed by atoms with van der Waals surface area (Å²) in [6.45, 7) is 14.1. The Balaban J connectivity index is 0.969. The van der Waals surface area contributed by atoms with E-state index in [-0.39, 0.29) is 10.8 Å². The molecule has 7 aromatic heterocycles. The van der Waals surface area contributed by atoms with Crippen LogP contribution in [0.2, 0.25) is 0 Å². The van der Waals surface area contributed by atoms with Crippen molar-refractivity contribution in [3.05, 3.63) is 248 Å². The number of pyridine rings is 1. The molecule has 0 saturated heterocycles. The van der Waals surface area contributed by atoms with E-state index in [1.165, 1.54) is 164 Å². The largest absolute Gasteiger partial charge is 0.309 e. The molecule has 0 atom stereocenters. The molecule has 5 nitrogen and oxygen atoms in total. The number of benzene rings is 12. The molecule has 0 amide bonds. The van der Waals surface area contributed by atoms with Gasteiger partial charge in [0.1, 0.15) is 5.65 Å². The van der Waals surface area contributed by atoms with Crippen molar-refractivity contribution in [1.82, 2.24) is 22.9 Å². The molecule has 406 valence electrons. The molecule has 0 aliphatic heterocycles. The van der Waals surface area contributed by atoms with Crippen LogP contribution in [0.5, 0.6) is 0 Å². The molecule has 86 heavy (non-hydrogen) atoms. The van der Waals surface area contributed by atoms with Crippen LogP contribution in [0, 0.1) is 0 Å². The smallest absolute Gasteiger partial charge is 0.146 e. The Morgan fingerprint density at radius 2 is 0.721 bits per heavy atom. The van der Waals surface area contributed by atoms with Crippen LogP contribution in [0.4, 0.5) is 0 Å². The zero-order valence-corrected chi connectivity index (χ0v) is 48.8. The lowest BCUT2D eigenvalue weighted by Gasteiger charge is -2.21. The Hall–Kier alpha value is -10.5. The normalized spacial score (nSPS) is 13.0. The first kappa shape index (κ1) is 47.9. The summed E-state index contributed by atoms with van der Waals surface area (Å²) in [5.74, 6) is 0. The number of rotatable bonds is 4. The van der Waals surface area contributed by atoms with Gasteiger partial charge in [0.05, 0.1) is 55.8 Å². The van der Waals surface area contributed by atoms with Crippen molar-refractivity contribution in [2.45, 2.75) is 52.4 Å². The van der Waals surface area contributed by atoms with Gasteiger partial charge in [0.25, 0.3) is 0 Å². The summed E-state index contributed by atoms with van der Waals surface area (Å²) in [5.41, 5.74) is 21.2. The van der Waals surface area contributed by atoms with Gasteiger partial charge in [0, 0.05) is 87.1 Å². The lowest BCUT2D eigenvalue weighted by atomic mass is 9.83. The maximum Gasteiger partial charge on any atom is 0.146 e. The van der Waals surface area contributed by atoms with Crippen molar-refractivity contribution in [3.63, 3.8) is 0 Å². The third-order valence-electron chi connectivity index (χ3n) is 19.5. The zero-order valence-electron chi connectivity index (χ0n) is 48.8. The second kappa shape index (κ2) is 16.6. The fourth-order valence-electron chi connectivity index (χ4n) is 15.5. The van der Waals surface area contributed by atoms with E-state index in [4.69, 9.17) is 4.98 Å². The quantitative estimate of drug-likeness (QED) is 0.173. The minimum absolute atomic E-state index is 0.119. The van der Waals surface area contributed by atoms with Gasteiger partial charge < -0.3 is 13.5 Å². The first-order valence-electron chi connectivity index (χ1n) is 30.3. The molecule has 7 heterocycles. The van der Waals surface area contributed by atoms with E-state index in [1.807, 2.05) is 0 Å². The summed E-state index contributed by atoms with van der Waals surface area (Å²) in [7, 11) is 0. The highest BCUT2D eigenvalue weighted by atomic mass is 15.0. The molecule has 12 aromatic carbocycles. The number of hydrogen-bond acceptors (Lipinski definition) is 1. The molecule has 5 heteroatoms. The first-order valence-corrected chi connectivity index (χ1v) is 30.3. The number of para-hydroxylation sites is 4. The van der Waals surface area contributed by atoms with Gasteiger partial charge in [-0.3, -0.25) is 4.40 Å². The minimum Gasteiger partial charge on any atom is -0.309 e. The lowest BCUT2D eigenvalue weighted by molar-refractivity contribution is 0.591. The van der Waals surface area contributed by atoms with Gasteiger partial charge in [-0.05, 0) is 152 Å². The van der Waals surface area contributed by atoms with E-state index in [0.29, 0.717) is 0 Å². The van der Waals surface area contributed by atoms with E-state index < -0.39 is 0 Å². The zero-order chi connectivity index (χ0) is 57.2. The minimum atomic E-state index is -0.130. The summed E-state index contributed by atoms with van der Waals surface area (Å²) < 4.78 is 10.0. The average molecular weight is 1100 g/mol. The number of hydrogen-bond donors (Lipinski definition) is 0. The molecule has 0 bridgehead atoms. The van der Waals surface area contributed by atoms with Crippen molar-refractivity contribution < 1.29 is 0 Å². The predicted octanol–water partition coefficient (Wildman–Crippen LogP) is 21.8. The number of aromatic nitrogens is 5. The average Bonchev–Trinajstić information content (AvgIpc) is 1.50. The standard InChI is InChI=1S/C81H57N5/c1-80(2,3)50-41-58(48-33-35-68-60(37-48)56-29-17-19-31-66(56)83(68)52-23-9-7-10-24-52)75-63(43-50)62-39-46-21-14-16-28-55(46)72-74-70(85(75)77(62)72)45-82-79-73(74)64-40-47-22-13-15-27-54(47)71-65-44-51(81(4,5)6)42-59(76(65)86(79)78(64)71)49-34-36-69-61(38-49)57-30-18-20-32-67(57)84(69)53-25-11-8-12-26-53/h7-45H,1-6H3. The molecular weight excluding hydrogens is 1040 g/mol. The number of fused-ring (bicyclic) bond motifs is 23. The highest BCUT2D eigenvalue weighted by Crippen LogP contribution is 2.53. The fraction of sp³-hybridized carbons (Fsp3) is 0.0988. The molecule has 0 saturated carbocycles. The van der Waals surface area contributed by atoms with Crippen LogP contribution >= 0.6 is 0 Å². The Morgan fingerprint density at radius 1 is 0.291 bits per heavy atom.